The van der Waals surface area contributed by atoms with E-state index in [4.69, 9.17) is 11.5 Å². The second-order valence-corrected chi connectivity index (χ2v) is 13.0. The molecule has 0 atom stereocenters. The number of fused-ring (bicyclic) bond motifs is 1. The third-order valence-electron chi connectivity index (χ3n) is 7.55. The molecule has 0 radical (unpaired) electrons. The largest absolute Gasteiger partial charge is 0.383 e. The maximum atomic E-state index is 15.6. The highest BCUT2D eigenvalue weighted by Gasteiger charge is 2.29. The number of hydrogen-bond acceptors (Lipinski definition) is 6. The van der Waals surface area contributed by atoms with Crippen molar-refractivity contribution in [1.82, 2.24) is 14.8 Å². The van der Waals surface area contributed by atoms with E-state index in [1.807, 2.05) is 13.8 Å². The van der Waals surface area contributed by atoms with E-state index in [1.54, 1.807) is 10.9 Å². The van der Waals surface area contributed by atoms with Gasteiger partial charge >= 0.3 is 0 Å². The molecule has 11 heteroatoms. The first-order chi connectivity index (χ1) is 18.9. The van der Waals surface area contributed by atoms with Crippen LogP contribution in [0, 0.1) is 17.5 Å². The lowest BCUT2D eigenvalue weighted by molar-refractivity contribution is 0.395. The number of sulfone groups is 1. The molecule has 1 fully saturated rings. The standard InChI is InChI=1S/C29H32F3N5O2S/c1-16(2)37-28-23(18-5-9-21(33)10-6-18)13-35-29(34)26(28)27(36-37)22-12-24(31)19(11-25(22)32)15-40(38,39)14-17-3-7-20(30)8-4-17/h3-4,7-8,11-13,16,18,21H,5-6,9-10,14-15,33H2,1-2H3,(H2,34,35). The number of nitrogens with zero attached hydrogens (tertiary/aromatic N) is 3. The van der Waals surface area contributed by atoms with Crippen LogP contribution in [0.1, 0.15) is 68.2 Å². The highest BCUT2D eigenvalue weighted by atomic mass is 32.2. The lowest BCUT2D eigenvalue weighted by atomic mass is 9.82. The summed E-state index contributed by atoms with van der Waals surface area (Å²) in [5.41, 5.74) is 14.2. The molecule has 1 aliphatic carbocycles. The molecule has 0 saturated heterocycles. The minimum atomic E-state index is -3.88. The predicted octanol–water partition coefficient (Wildman–Crippen LogP) is 5.78. The predicted molar refractivity (Wildman–Crippen MR) is 150 cm³/mol. The first-order valence-electron chi connectivity index (χ1n) is 13.3. The molecule has 0 bridgehead atoms. The van der Waals surface area contributed by atoms with Crippen LogP contribution in [0.15, 0.2) is 42.6 Å². The van der Waals surface area contributed by atoms with E-state index in [0.29, 0.717) is 10.9 Å². The van der Waals surface area contributed by atoms with E-state index in [-0.39, 0.29) is 40.6 Å². The Bertz CT molecular complexity index is 1660. The number of rotatable bonds is 7. The molecule has 5 rings (SSSR count). The number of aromatic nitrogens is 3. The molecule has 2 aromatic heterocycles. The molecule has 0 aliphatic heterocycles. The van der Waals surface area contributed by atoms with Crippen molar-refractivity contribution in [2.45, 2.75) is 69.0 Å². The second kappa shape index (κ2) is 10.9. The zero-order valence-electron chi connectivity index (χ0n) is 22.4. The van der Waals surface area contributed by atoms with Gasteiger partial charge in [-0.15, -0.1) is 0 Å². The molecule has 0 spiro atoms. The number of nitrogens with two attached hydrogens (primary N) is 2. The topological polar surface area (TPSA) is 117 Å². The number of pyridine rings is 1. The van der Waals surface area contributed by atoms with Crippen molar-refractivity contribution < 1.29 is 21.6 Å². The van der Waals surface area contributed by atoms with Gasteiger partial charge in [0, 0.05) is 29.4 Å². The number of halogens is 3. The van der Waals surface area contributed by atoms with Gasteiger partial charge in [0.2, 0.25) is 0 Å². The summed E-state index contributed by atoms with van der Waals surface area (Å²) < 4.78 is 71.4. The van der Waals surface area contributed by atoms with E-state index < -0.39 is 38.8 Å². The molecule has 7 nitrogen and oxygen atoms in total. The molecule has 2 heterocycles. The Morgan fingerprint density at radius 1 is 1.00 bits per heavy atom. The molecule has 40 heavy (non-hydrogen) atoms. The lowest BCUT2D eigenvalue weighted by Gasteiger charge is -2.27. The van der Waals surface area contributed by atoms with Crippen molar-refractivity contribution in [2.24, 2.45) is 5.73 Å². The third-order valence-corrected chi connectivity index (χ3v) is 9.07. The van der Waals surface area contributed by atoms with E-state index in [9.17, 15) is 12.8 Å². The van der Waals surface area contributed by atoms with Crippen LogP contribution in [0.2, 0.25) is 0 Å². The monoisotopic (exact) mass is 571 g/mol. The van der Waals surface area contributed by atoms with Crippen molar-refractivity contribution in [2.75, 3.05) is 5.73 Å². The van der Waals surface area contributed by atoms with Crippen molar-refractivity contribution in [3.63, 3.8) is 0 Å². The smallest absolute Gasteiger partial charge is 0.158 e. The Hall–Kier alpha value is -3.44. The van der Waals surface area contributed by atoms with Crippen LogP contribution in [-0.4, -0.2) is 29.2 Å². The average molecular weight is 572 g/mol. The van der Waals surface area contributed by atoms with Crippen LogP contribution < -0.4 is 11.5 Å². The van der Waals surface area contributed by atoms with E-state index in [0.717, 1.165) is 61.0 Å². The quantitative estimate of drug-likeness (QED) is 0.291. The van der Waals surface area contributed by atoms with Gasteiger partial charge in [0.05, 0.1) is 22.4 Å². The zero-order chi connectivity index (χ0) is 28.8. The molecular formula is C29H32F3N5O2S. The van der Waals surface area contributed by atoms with Crippen molar-refractivity contribution in [3.05, 3.63) is 76.7 Å². The number of anilines is 1. The van der Waals surface area contributed by atoms with Crippen LogP contribution >= 0.6 is 0 Å². The Kier molecular flexibility index (Phi) is 7.62. The highest BCUT2D eigenvalue weighted by Crippen LogP contribution is 2.42. The van der Waals surface area contributed by atoms with Crippen LogP contribution in [0.5, 0.6) is 0 Å². The van der Waals surface area contributed by atoms with Gasteiger partial charge in [-0.1, -0.05) is 12.1 Å². The van der Waals surface area contributed by atoms with Crippen LogP contribution in [0.3, 0.4) is 0 Å². The second-order valence-electron chi connectivity index (χ2n) is 10.9. The maximum absolute atomic E-state index is 15.6. The summed E-state index contributed by atoms with van der Waals surface area (Å²) in [6.07, 6.45) is 5.26. The van der Waals surface area contributed by atoms with Crippen LogP contribution in [0.4, 0.5) is 19.0 Å². The fourth-order valence-electron chi connectivity index (χ4n) is 5.51. The summed E-state index contributed by atoms with van der Waals surface area (Å²) in [7, 11) is -3.88. The maximum Gasteiger partial charge on any atom is 0.158 e. The Labute approximate surface area is 231 Å². The normalized spacial score (nSPS) is 18.1. The van der Waals surface area contributed by atoms with Gasteiger partial charge < -0.3 is 11.5 Å². The molecule has 212 valence electrons. The van der Waals surface area contributed by atoms with Crippen LogP contribution in [-0.2, 0) is 21.3 Å². The molecule has 4 N–H and O–H groups in total. The highest BCUT2D eigenvalue weighted by molar-refractivity contribution is 7.89. The van der Waals surface area contributed by atoms with E-state index in [1.165, 1.54) is 12.1 Å². The van der Waals surface area contributed by atoms with Crippen molar-refractivity contribution in [3.8, 4) is 11.3 Å². The van der Waals surface area contributed by atoms with E-state index >= 15 is 8.78 Å². The first kappa shape index (κ1) is 28.1. The van der Waals surface area contributed by atoms with Gasteiger partial charge in [-0.05, 0) is 80.8 Å². The zero-order valence-corrected chi connectivity index (χ0v) is 23.2. The van der Waals surface area contributed by atoms with Gasteiger partial charge in [-0.25, -0.2) is 26.6 Å². The average Bonchev–Trinajstić information content (AvgIpc) is 3.30. The van der Waals surface area contributed by atoms with Crippen LogP contribution in [0.25, 0.3) is 22.2 Å². The molecule has 0 unspecified atom stereocenters. The Morgan fingerprint density at radius 2 is 1.68 bits per heavy atom. The van der Waals surface area contributed by atoms with Crippen molar-refractivity contribution in [1.29, 1.82) is 0 Å². The molecule has 4 aromatic rings. The number of nitrogen functional groups attached to an aromatic ring is 1. The molecule has 1 aliphatic rings. The first-order valence-corrected chi connectivity index (χ1v) is 15.1. The molecule has 2 aromatic carbocycles. The Balaban J connectivity index is 1.55. The number of hydrogen-bond donors (Lipinski definition) is 2. The summed E-state index contributed by atoms with van der Waals surface area (Å²) in [5, 5.41) is 5.12. The molecular weight excluding hydrogens is 539 g/mol. The van der Waals surface area contributed by atoms with Gasteiger partial charge in [0.1, 0.15) is 29.0 Å². The SMILES string of the molecule is CC(C)n1nc(-c2cc(F)c(CS(=O)(=O)Cc3ccc(F)cc3)cc2F)c2c(N)ncc(C3CCC(N)CC3)c21. The summed E-state index contributed by atoms with van der Waals surface area (Å²) in [5.74, 6) is -3.01. The summed E-state index contributed by atoms with van der Waals surface area (Å²) in [6.45, 7) is 3.89. The Morgan fingerprint density at radius 3 is 2.33 bits per heavy atom. The molecule has 1 saturated carbocycles. The van der Waals surface area contributed by atoms with Gasteiger partial charge in [-0.2, -0.15) is 5.10 Å². The van der Waals surface area contributed by atoms with Gasteiger partial charge in [0.15, 0.2) is 9.84 Å². The summed E-state index contributed by atoms with van der Waals surface area (Å²) in [4.78, 5) is 4.40. The van der Waals surface area contributed by atoms with Gasteiger partial charge in [0.25, 0.3) is 0 Å². The number of benzene rings is 2. The summed E-state index contributed by atoms with van der Waals surface area (Å²) >= 11 is 0. The fraction of sp³-hybridized carbons (Fsp3) is 0.379. The fourth-order valence-corrected chi connectivity index (χ4v) is 7.01. The lowest BCUT2D eigenvalue weighted by Crippen LogP contribution is -2.26. The van der Waals surface area contributed by atoms with Gasteiger partial charge in [-0.3, -0.25) is 4.68 Å². The molecule has 0 amide bonds. The van der Waals surface area contributed by atoms with E-state index in [2.05, 4.69) is 10.1 Å². The van der Waals surface area contributed by atoms with Crippen molar-refractivity contribution >= 4 is 26.6 Å². The minimum Gasteiger partial charge on any atom is -0.383 e. The summed E-state index contributed by atoms with van der Waals surface area (Å²) in [6, 6.07) is 6.90. The minimum absolute atomic E-state index is 0.105. The third kappa shape index (κ3) is 5.57.